The van der Waals surface area contributed by atoms with Gasteiger partial charge in [-0.3, -0.25) is 9.69 Å². The van der Waals surface area contributed by atoms with Crippen LogP contribution in [0.15, 0.2) is 21.8 Å². The van der Waals surface area contributed by atoms with Gasteiger partial charge in [-0.15, -0.1) is 0 Å². The number of guanidine groups is 1. The summed E-state index contributed by atoms with van der Waals surface area (Å²) in [6.07, 6.45) is 1.60. The van der Waals surface area contributed by atoms with Crippen molar-refractivity contribution in [2.24, 2.45) is 4.99 Å². The predicted octanol–water partition coefficient (Wildman–Crippen LogP) is -0.480. The first kappa shape index (κ1) is 19.2. The normalized spacial score (nSPS) is 16.1. The molecular formula is C16H28N6O3. The Morgan fingerprint density at radius 2 is 2.16 bits per heavy atom. The maximum atomic E-state index is 11.8. The first-order chi connectivity index (χ1) is 12.2. The highest BCUT2D eigenvalue weighted by Crippen LogP contribution is 2.07. The zero-order valence-electron chi connectivity index (χ0n) is 15.0. The Bertz CT molecular complexity index is 526. The molecule has 1 saturated heterocycles. The van der Waals surface area contributed by atoms with E-state index in [4.69, 9.17) is 9.26 Å². The smallest absolute Gasteiger partial charge is 0.241 e. The number of hydrogen-bond acceptors (Lipinski definition) is 6. The SMILES string of the molecule is CCNC(=NCC(=O)NCCOC)N1CCN(Cc2ccon2)CC1. The molecule has 1 fully saturated rings. The van der Waals surface area contributed by atoms with Gasteiger partial charge in [-0.25, -0.2) is 4.99 Å². The van der Waals surface area contributed by atoms with E-state index in [0.29, 0.717) is 13.2 Å². The minimum atomic E-state index is -0.0999. The minimum absolute atomic E-state index is 0.0999. The molecule has 2 rings (SSSR count). The molecule has 0 spiro atoms. The summed E-state index contributed by atoms with van der Waals surface area (Å²) < 4.78 is 9.79. The third-order valence-corrected chi connectivity index (χ3v) is 3.88. The van der Waals surface area contributed by atoms with Crippen LogP contribution < -0.4 is 10.6 Å². The van der Waals surface area contributed by atoms with Gasteiger partial charge >= 0.3 is 0 Å². The quantitative estimate of drug-likeness (QED) is 0.371. The van der Waals surface area contributed by atoms with Crippen LogP contribution in [-0.2, 0) is 16.1 Å². The second-order valence-electron chi connectivity index (χ2n) is 5.77. The highest BCUT2D eigenvalue weighted by molar-refractivity contribution is 5.85. The average molecular weight is 352 g/mol. The molecular weight excluding hydrogens is 324 g/mol. The summed E-state index contributed by atoms with van der Waals surface area (Å²) in [7, 11) is 1.61. The van der Waals surface area contributed by atoms with Gasteiger partial charge in [-0.05, 0) is 6.92 Å². The number of methoxy groups -OCH3 is 1. The van der Waals surface area contributed by atoms with Gasteiger partial charge in [0.25, 0.3) is 0 Å². The van der Waals surface area contributed by atoms with Crippen LogP contribution in [0.2, 0.25) is 0 Å². The van der Waals surface area contributed by atoms with Crippen LogP contribution in [0.4, 0.5) is 0 Å². The number of aliphatic imine (C=N–C) groups is 1. The van der Waals surface area contributed by atoms with Gasteiger partial charge in [0.15, 0.2) is 5.96 Å². The third kappa shape index (κ3) is 6.71. The van der Waals surface area contributed by atoms with Crippen molar-refractivity contribution in [2.45, 2.75) is 13.5 Å². The number of ether oxygens (including phenoxy) is 1. The molecule has 0 unspecified atom stereocenters. The summed E-state index contributed by atoms with van der Waals surface area (Å²) in [6, 6.07) is 1.89. The summed E-state index contributed by atoms with van der Waals surface area (Å²) in [6.45, 7) is 8.24. The molecule has 0 saturated carbocycles. The van der Waals surface area contributed by atoms with Crippen molar-refractivity contribution in [3.8, 4) is 0 Å². The monoisotopic (exact) mass is 352 g/mol. The summed E-state index contributed by atoms with van der Waals surface area (Å²) in [5.74, 6) is 0.683. The molecule has 2 heterocycles. The second-order valence-corrected chi connectivity index (χ2v) is 5.77. The first-order valence-corrected chi connectivity index (χ1v) is 8.63. The third-order valence-electron chi connectivity index (χ3n) is 3.88. The van der Waals surface area contributed by atoms with Crippen LogP contribution in [0.1, 0.15) is 12.6 Å². The molecule has 1 aliphatic heterocycles. The molecule has 1 aliphatic rings. The molecule has 2 N–H and O–H groups in total. The largest absolute Gasteiger partial charge is 0.383 e. The number of piperazine rings is 1. The van der Waals surface area contributed by atoms with E-state index >= 15 is 0 Å². The van der Waals surface area contributed by atoms with E-state index in [2.05, 4.69) is 30.6 Å². The molecule has 0 aromatic carbocycles. The Morgan fingerprint density at radius 3 is 2.80 bits per heavy atom. The van der Waals surface area contributed by atoms with Crippen LogP contribution in [-0.4, -0.2) is 86.4 Å². The van der Waals surface area contributed by atoms with Crippen LogP contribution in [0.25, 0.3) is 0 Å². The molecule has 0 aliphatic carbocycles. The molecule has 9 nitrogen and oxygen atoms in total. The number of carbonyl (C=O) groups is 1. The molecule has 1 amide bonds. The minimum Gasteiger partial charge on any atom is -0.383 e. The molecule has 25 heavy (non-hydrogen) atoms. The zero-order valence-corrected chi connectivity index (χ0v) is 15.0. The lowest BCUT2D eigenvalue weighted by Crippen LogP contribution is -2.52. The van der Waals surface area contributed by atoms with Crippen molar-refractivity contribution >= 4 is 11.9 Å². The van der Waals surface area contributed by atoms with Crippen molar-refractivity contribution in [3.63, 3.8) is 0 Å². The topological polar surface area (TPSA) is 95.2 Å². The van der Waals surface area contributed by atoms with Crippen molar-refractivity contribution in [2.75, 3.05) is 59.5 Å². The fraction of sp³-hybridized carbons (Fsp3) is 0.688. The lowest BCUT2D eigenvalue weighted by atomic mass is 10.3. The van der Waals surface area contributed by atoms with Gasteiger partial charge in [0, 0.05) is 59.0 Å². The van der Waals surface area contributed by atoms with Crippen LogP contribution in [0.3, 0.4) is 0 Å². The summed E-state index contributed by atoms with van der Waals surface area (Å²) >= 11 is 0. The standard InChI is InChI=1S/C16H28N6O3/c1-3-17-16(19-12-15(23)18-5-11-24-2)22-8-6-21(7-9-22)13-14-4-10-25-20-14/h4,10H,3,5-9,11-13H2,1-2H3,(H,17,19)(H,18,23). The van der Waals surface area contributed by atoms with E-state index in [1.807, 2.05) is 13.0 Å². The van der Waals surface area contributed by atoms with Gasteiger partial charge in [-0.1, -0.05) is 5.16 Å². The van der Waals surface area contributed by atoms with Crippen LogP contribution in [0.5, 0.6) is 0 Å². The Kier molecular flexibility index (Phi) is 8.20. The lowest BCUT2D eigenvalue weighted by molar-refractivity contribution is -0.119. The Balaban J connectivity index is 1.79. The van der Waals surface area contributed by atoms with E-state index in [9.17, 15) is 4.79 Å². The summed E-state index contributed by atoms with van der Waals surface area (Å²) in [5, 5.41) is 9.99. The van der Waals surface area contributed by atoms with Crippen molar-refractivity contribution in [3.05, 3.63) is 18.0 Å². The van der Waals surface area contributed by atoms with Crippen molar-refractivity contribution in [1.82, 2.24) is 25.6 Å². The number of nitrogens with zero attached hydrogens (tertiary/aromatic N) is 4. The summed E-state index contributed by atoms with van der Waals surface area (Å²) in [5.41, 5.74) is 0.946. The zero-order chi connectivity index (χ0) is 17.9. The fourth-order valence-electron chi connectivity index (χ4n) is 2.59. The summed E-state index contributed by atoms with van der Waals surface area (Å²) in [4.78, 5) is 20.8. The fourth-order valence-corrected chi connectivity index (χ4v) is 2.59. The Hall–Kier alpha value is -2.13. The highest BCUT2D eigenvalue weighted by atomic mass is 16.5. The van der Waals surface area contributed by atoms with Gasteiger partial charge in [0.1, 0.15) is 12.8 Å². The van der Waals surface area contributed by atoms with Crippen molar-refractivity contribution < 1.29 is 14.1 Å². The molecule has 0 radical (unpaired) electrons. The van der Waals surface area contributed by atoms with E-state index in [-0.39, 0.29) is 12.5 Å². The lowest BCUT2D eigenvalue weighted by Gasteiger charge is -2.36. The second kappa shape index (κ2) is 10.7. The highest BCUT2D eigenvalue weighted by Gasteiger charge is 2.20. The van der Waals surface area contributed by atoms with Gasteiger partial charge in [0.05, 0.1) is 12.3 Å². The van der Waals surface area contributed by atoms with Crippen LogP contribution >= 0.6 is 0 Å². The van der Waals surface area contributed by atoms with Crippen LogP contribution in [0, 0.1) is 0 Å². The Morgan fingerprint density at radius 1 is 1.36 bits per heavy atom. The maximum absolute atomic E-state index is 11.8. The van der Waals surface area contributed by atoms with E-state index in [1.54, 1.807) is 13.4 Å². The molecule has 0 atom stereocenters. The van der Waals surface area contributed by atoms with Crippen molar-refractivity contribution in [1.29, 1.82) is 0 Å². The van der Waals surface area contributed by atoms with Gasteiger partial charge < -0.3 is 24.8 Å². The average Bonchev–Trinajstić information content (AvgIpc) is 3.13. The predicted molar refractivity (Wildman–Crippen MR) is 94.2 cm³/mol. The molecule has 9 heteroatoms. The number of nitrogens with one attached hydrogen (secondary N) is 2. The maximum Gasteiger partial charge on any atom is 0.241 e. The molecule has 0 bridgehead atoms. The number of rotatable bonds is 8. The molecule has 1 aromatic rings. The molecule has 1 aromatic heterocycles. The number of carbonyl (C=O) groups excluding carboxylic acids is 1. The first-order valence-electron chi connectivity index (χ1n) is 8.63. The van der Waals surface area contributed by atoms with E-state index in [0.717, 1.165) is 50.9 Å². The Labute approximate surface area is 148 Å². The number of hydrogen-bond donors (Lipinski definition) is 2. The van der Waals surface area contributed by atoms with Gasteiger partial charge in [0.2, 0.25) is 5.91 Å². The number of amides is 1. The van der Waals surface area contributed by atoms with E-state index in [1.165, 1.54) is 0 Å². The van der Waals surface area contributed by atoms with Gasteiger partial charge in [-0.2, -0.15) is 0 Å². The number of aromatic nitrogens is 1. The van der Waals surface area contributed by atoms with E-state index < -0.39 is 0 Å². The molecule has 140 valence electrons.